The fraction of sp³-hybridized carbons (Fsp3) is 0.900. The van der Waals surface area contributed by atoms with Crippen molar-refractivity contribution in [1.29, 1.82) is 0 Å². The summed E-state index contributed by atoms with van der Waals surface area (Å²) in [7, 11) is 2.18. The maximum Gasteiger partial charge on any atom is 0.0537 e. The van der Waals surface area contributed by atoms with Gasteiger partial charge in [-0.2, -0.15) is 0 Å². The van der Waals surface area contributed by atoms with Gasteiger partial charge in [-0.25, -0.2) is 0 Å². The van der Waals surface area contributed by atoms with Crippen LogP contribution in [0.3, 0.4) is 0 Å². The molecule has 0 aromatic rings. The standard InChI is InChI=1S/C8H16N2.C2H6/c1-9-7-8-5-3-4-6-10(8)2;1-2/h8H,1,3-7H2,2H3;1-2H3. The van der Waals surface area contributed by atoms with Gasteiger partial charge >= 0.3 is 0 Å². The fourth-order valence-corrected chi connectivity index (χ4v) is 1.52. The molecule has 0 bridgehead atoms. The molecule has 0 amide bonds. The van der Waals surface area contributed by atoms with E-state index in [2.05, 4.69) is 23.7 Å². The van der Waals surface area contributed by atoms with E-state index in [1.807, 2.05) is 13.8 Å². The molecule has 1 heterocycles. The van der Waals surface area contributed by atoms with Gasteiger partial charge in [-0.05, 0) is 33.2 Å². The van der Waals surface area contributed by atoms with Crippen LogP contribution in [-0.4, -0.2) is 37.8 Å². The van der Waals surface area contributed by atoms with Crippen LogP contribution >= 0.6 is 0 Å². The van der Waals surface area contributed by atoms with Gasteiger partial charge in [0.25, 0.3) is 0 Å². The molecule has 2 heteroatoms. The Morgan fingerprint density at radius 1 is 1.42 bits per heavy atom. The highest BCUT2D eigenvalue weighted by Gasteiger charge is 2.17. The molecule has 0 spiro atoms. The lowest BCUT2D eigenvalue weighted by Crippen LogP contribution is -2.38. The molecule has 0 saturated carbocycles. The summed E-state index contributed by atoms with van der Waals surface area (Å²) in [4.78, 5) is 6.31. The summed E-state index contributed by atoms with van der Waals surface area (Å²) < 4.78 is 0. The molecule has 12 heavy (non-hydrogen) atoms. The fourth-order valence-electron chi connectivity index (χ4n) is 1.52. The van der Waals surface area contributed by atoms with Crippen molar-refractivity contribution < 1.29 is 0 Å². The number of likely N-dealkylation sites (N-methyl/N-ethyl adjacent to an activating group) is 1. The molecule has 2 nitrogen and oxygen atoms in total. The summed E-state index contributed by atoms with van der Waals surface area (Å²) in [6.07, 6.45) is 4.02. The molecule has 1 aliphatic heterocycles. The van der Waals surface area contributed by atoms with E-state index in [0.29, 0.717) is 6.04 Å². The van der Waals surface area contributed by atoms with Crippen molar-refractivity contribution in [1.82, 2.24) is 4.90 Å². The van der Waals surface area contributed by atoms with E-state index in [1.54, 1.807) is 0 Å². The predicted octanol–water partition coefficient (Wildman–Crippen LogP) is 2.20. The van der Waals surface area contributed by atoms with Crippen molar-refractivity contribution in [3.05, 3.63) is 0 Å². The summed E-state index contributed by atoms with van der Waals surface area (Å²) in [5, 5.41) is 0. The van der Waals surface area contributed by atoms with Crippen LogP contribution in [-0.2, 0) is 0 Å². The first-order valence-corrected chi connectivity index (χ1v) is 4.97. The third-order valence-corrected chi connectivity index (χ3v) is 2.26. The second kappa shape index (κ2) is 7.29. The van der Waals surface area contributed by atoms with Crippen LogP contribution in [0.4, 0.5) is 0 Å². The average Bonchev–Trinajstić information content (AvgIpc) is 2.13. The number of hydrogen-bond acceptors (Lipinski definition) is 2. The van der Waals surface area contributed by atoms with Crippen LogP contribution in [0.1, 0.15) is 33.1 Å². The summed E-state index contributed by atoms with van der Waals surface area (Å²) in [6, 6.07) is 0.672. The van der Waals surface area contributed by atoms with Gasteiger partial charge < -0.3 is 4.90 Å². The zero-order valence-corrected chi connectivity index (χ0v) is 8.71. The summed E-state index contributed by atoms with van der Waals surface area (Å²) in [5.41, 5.74) is 0. The summed E-state index contributed by atoms with van der Waals surface area (Å²) >= 11 is 0. The molecule has 1 fully saturated rings. The third-order valence-electron chi connectivity index (χ3n) is 2.26. The Morgan fingerprint density at radius 2 is 2.08 bits per heavy atom. The Hall–Kier alpha value is -0.370. The van der Waals surface area contributed by atoms with Gasteiger partial charge in [0.05, 0.1) is 6.54 Å². The van der Waals surface area contributed by atoms with Gasteiger partial charge in [0.1, 0.15) is 0 Å². The van der Waals surface area contributed by atoms with E-state index in [0.717, 1.165) is 6.54 Å². The van der Waals surface area contributed by atoms with Crippen molar-refractivity contribution in [3.8, 4) is 0 Å². The highest BCUT2D eigenvalue weighted by Crippen LogP contribution is 2.14. The zero-order valence-electron chi connectivity index (χ0n) is 8.71. The first-order valence-electron chi connectivity index (χ1n) is 4.97. The number of piperidine rings is 1. The van der Waals surface area contributed by atoms with Crippen LogP contribution in [0, 0.1) is 0 Å². The molecule has 0 radical (unpaired) electrons. The van der Waals surface area contributed by atoms with E-state index in [-0.39, 0.29) is 0 Å². The minimum absolute atomic E-state index is 0.672. The lowest BCUT2D eigenvalue weighted by molar-refractivity contribution is 0.191. The van der Waals surface area contributed by atoms with Gasteiger partial charge in [-0.1, -0.05) is 20.3 Å². The minimum Gasteiger partial charge on any atom is -0.302 e. The van der Waals surface area contributed by atoms with Crippen molar-refractivity contribution in [2.75, 3.05) is 20.1 Å². The van der Waals surface area contributed by atoms with E-state index in [1.165, 1.54) is 25.8 Å². The van der Waals surface area contributed by atoms with E-state index < -0.39 is 0 Å². The average molecular weight is 170 g/mol. The number of likely N-dealkylation sites (tertiary alicyclic amines) is 1. The normalized spacial score (nSPS) is 24.1. The number of rotatable bonds is 2. The van der Waals surface area contributed by atoms with Gasteiger partial charge in [-0.3, -0.25) is 4.99 Å². The Morgan fingerprint density at radius 3 is 2.58 bits per heavy atom. The van der Waals surface area contributed by atoms with Gasteiger partial charge in [-0.15, -0.1) is 0 Å². The highest BCUT2D eigenvalue weighted by molar-refractivity contribution is 5.23. The quantitative estimate of drug-likeness (QED) is 0.580. The van der Waals surface area contributed by atoms with E-state index in [9.17, 15) is 0 Å². The first kappa shape index (κ1) is 11.6. The van der Waals surface area contributed by atoms with Crippen LogP contribution in [0.15, 0.2) is 4.99 Å². The lowest BCUT2D eigenvalue weighted by atomic mass is 10.0. The maximum absolute atomic E-state index is 3.92. The van der Waals surface area contributed by atoms with Crippen molar-refractivity contribution in [3.63, 3.8) is 0 Å². The molecule has 1 unspecified atom stereocenters. The summed E-state index contributed by atoms with van der Waals surface area (Å²) in [5.74, 6) is 0. The molecule has 1 rings (SSSR count). The third kappa shape index (κ3) is 3.86. The molecule has 0 aromatic heterocycles. The van der Waals surface area contributed by atoms with Gasteiger partial charge in [0.2, 0.25) is 0 Å². The second-order valence-electron chi connectivity index (χ2n) is 3.04. The largest absolute Gasteiger partial charge is 0.302 e. The van der Waals surface area contributed by atoms with E-state index in [4.69, 9.17) is 0 Å². The Kier molecular flexibility index (Phi) is 7.06. The smallest absolute Gasteiger partial charge is 0.0537 e. The molecule has 0 aromatic carbocycles. The molecular formula is C10H22N2. The minimum atomic E-state index is 0.672. The molecule has 1 atom stereocenters. The zero-order chi connectivity index (χ0) is 9.40. The summed E-state index contributed by atoms with van der Waals surface area (Å²) in [6.45, 7) is 9.66. The number of aliphatic imine (C=N–C) groups is 1. The predicted molar refractivity (Wildman–Crippen MR) is 56.0 cm³/mol. The SMILES string of the molecule is C=NCC1CCCCN1C.CC. The van der Waals surface area contributed by atoms with Gasteiger partial charge in [0.15, 0.2) is 0 Å². The van der Waals surface area contributed by atoms with Crippen LogP contribution in [0.5, 0.6) is 0 Å². The van der Waals surface area contributed by atoms with Crippen molar-refractivity contribution in [2.24, 2.45) is 4.99 Å². The van der Waals surface area contributed by atoms with Crippen LogP contribution < -0.4 is 0 Å². The molecule has 1 saturated heterocycles. The number of nitrogens with zero attached hydrogens (tertiary/aromatic N) is 2. The van der Waals surface area contributed by atoms with Crippen molar-refractivity contribution in [2.45, 2.75) is 39.2 Å². The first-order chi connectivity index (χ1) is 5.84. The Balaban J connectivity index is 0.000000561. The Labute approximate surface area is 76.7 Å². The Bertz CT molecular complexity index is 112. The second-order valence-corrected chi connectivity index (χ2v) is 3.04. The lowest BCUT2D eigenvalue weighted by Gasteiger charge is -2.30. The van der Waals surface area contributed by atoms with Crippen LogP contribution in [0.25, 0.3) is 0 Å². The van der Waals surface area contributed by atoms with Crippen molar-refractivity contribution >= 4 is 6.72 Å². The maximum atomic E-state index is 3.92. The van der Waals surface area contributed by atoms with E-state index >= 15 is 0 Å². The molecule has 72 valence electrons. The topological polar surface area (TPSA) is 15.6 Å². The number of hydrogen-bond donors (Lipinski definition) is 0. The van der Waals surface area contributed by atoms with Gasteiger partial charge in [0, 0.05) is 6.04 Å². The molecule has 0 aliphatic carbocycles. The molecular weight excluding hydrogens is 148 g/mol. The molecule has 1 aliphatic rings. The molecule has 0 N–H and O–H groups in total. The highest BCUT2D eigenvalue weighted by atomic mass is 15.1. The van der Waals surface area contributed by atoms with Crippen LogP contribution in [0.2, 0.25) is 0 Å². The monoisotopic (exact) mass is 170 g/mol.